The molecular formula is C26H34N8O2. The molecule has 4 aromatic heterocycles. The van der Waals surface area contributed by atoms with Crippen LogP contribution in [0.3, 0.4) is 0 Å². The molecule has 6 rings (SSSR count). The Morgan fingerprint density at radius 2 is 1.97 bits per heavy atom. The predicted octanol–water partition coefficient (Wildman–Crippen LogP) is 3.99. The quantitative estimate of drug-likeness (QED) is 0.338. The van der Waals surface area contributed by atoms with E-state index in [-0.39, 0.29) is 5.91 Å². The first-order valence-electron chi connectivity index (χ1n) is 13.0. The van der Waals surface area contributed by atoms with Gasteiger partial charge in [0.15, 0.2) is 11.6 Å². The smallest absolute Gasteiger partial charge is 0.271 e. The summed E-state index contributed by atoms with van der Waals surface area (Å²) in [6.45, 7) is 6.26. The number of carbonyl (C=O) groups is 1. The molecular weight excluding hydrogens is 456 g/mol. The van der Waals surface area contributed by atoms with Crippen LogP contribution in [0.15, 0.2) is 18.5 Å². The van der Waals surface area contributed by atoms with Crippen molar-refractivity contribution >= 4 is 39.6 Å². The molecule has 0 unspecified atom stereocenters. The zero-order chi connectivity index (χ0) is 25.0. The van der Waals surface area contributed by atoms with Gasteiger partial charge >= 0.3 is 0 Å². The summed E-state index contributed by atoms with van der Waals surface area (Å²) in [4.78, 5) is 25.6. The summed E-state index contributed by atoms with van der Waals surface area (Å²) in [5.74, 6) is 1.51. The number of hydrogen-bond donors (Lipinski definition) is 1. The molecule has 36 heavy (non-hydrogen) atoms. The summed E-state index contributed by atoms with van der Waals surface area (Å²) in [5.41, 5.74) is 4.31. The number of anilines is 2. The number of pyridine rings is 1. The number of hydrogen-bond acceptors (Lipinski definition) is 6. The second-order valence-corrected chi connectivity index (χ2v) is 10.1. The maximum absolute atomic E-state index is 13.8. The van der Waals surface area contributed by atoms with Gasteiger partial charge in [0.05, 0.1) is 11.8 Å². The SMILES string of the molecule is CCn1c(C(=O)N(C2CC2)C2CC2)cc2c3c(ncn3C)c(Nc3cc(C)n(CCCOC)n3)nc21. The molecule has 0 atom stereocenters. The van der Waals surface area contributed by atoms with Crippen molar-refractivity contribution in [1.82, 2.24) is 33.8 Å². The van der Waals surface area contributed by atoms with Crippen LogP contribution in [0.5, 0.6) is 0 Å². The average molecular weight is 491 g/mol. The van der Waals surface area contributed by atoms with E-state index in [1.54, 1.807) is 13.4 Å². The molecule has 0 aliphatic heterocycles. The van der Waals surface area contributed by atoms with Gasteiger partial charge in [-0.3, -0.25) is 9.48 Å². The number of carbonyl (C=O) groups excluding carboxylic acids is 1. The molecule has 2 fully saturated rings. The van der Waals surface area contributed by atoms with E-state index in [0.29, 0.717) is 31.1 Å². The van der Waals surface area contributed by atoms with Crippen molar-refractivity contribution in [1.29, 1.82) is 0 Å². The molecule has 4 aromatic rings. The fourth-order valence-corrected chi connectivity index (χ4v) is 5.24. The highest BCUT2D eigenvalue weighted by Crippen LogP contribution is 2.39. The third-order valence-corrected chi connectivity index (χ3v) is 7.30. The van der Waals surface area contributed by atoms with Crippen molar-refractivity contribution in [2.75, 3.05) is 19.0 Å². The number of amides is 1. The molecule has 10 heteroatoms. The van der Waals surface area contributed by atoms with Crippen LogP contribution in [-0.2, 0) is 24.9 Å². The number of nitrogens with zero attached hydrogens (tertiary/aromatic N) is 7. The predicted molar refractivity (Wildman–Crippen MR) is 139 cm³/mol. The molecule has 0 spiro atoms. The lowest BCUT2D eigenvalue weighted by atomic mass is 10.2. The Labute approximate surface area is 210 Å². The number of aryl methyl sites for hydroxylation is 4. The maximum atomic E-state index is 13.8. The van der Waals surface area contributed by atoms with Crippen molar-refractivity contribution in [3.8, 4) is 0 Å². The van der Waals surface area contributed by atoms with Crippen LogP contribution < -0.4 is 5.32 Å². The lowest BCUT2D eigenvalue weighted by Crippen LogP contribution is -2.36. The topological polar surface area (TPSA) is 95.0 Å². The van der Waals surface area contributed by atoms with Crippen molar-refractivity contribution < 1.29 is 9.53 Å². The van der Waals surface area contributed by atoms with E-state index in [2.05, 4.69) is 26.7 Å². The summed E-state index contributed by atoms with van der Waals surface area (Å²) in [6.07, 6.45) is 7.16. The molecule has 1 N–H and O–H groups in total. The van der Waals surface area contributed by atoms with E-state index in [1.165, 1.54) is 0 Å². The van der Waals surface area contributed by atoms with Gasteiger partial charge in [0.25, 0.3) is 5.91 Å². The van der Waals surface area contributed by atoms with Gasteiger partial charge in [0.2, 0.25) is 0 Å². The molecule has 0 radical (unpaired) electrons. The Hall–Kier alpha value is -3.40. The largest absolute Gasteiger partial charge is 0.385 e. The molecule has 0 saturated heterocycles. The van der Waals surface area contributed by atoms with Crippen LogP contribution in [0.2, 0.25) is 0 Å². The van der Waals surface area contributed by atoms with Crippen molar-refractivity contribution in [2.45, 2.75) is 71.1 Å². The summed E-state index contributed by atoms with van der Waals surface area (Å²) in [6, 6.07) is 4.84. The van der Waals surface area contributed by atoms with E-state index in [0.717, 1.165) is 77.9 Å². The monoisotopic (exact) mass is 490 g/mol. The van der Waals surface area contributed by atoms with Gasteiger partial charge in [-0.2, -0.15) is 5.10 Å². The highest BCUT2D eigenvalue weighted by molar-refractivity contribution is 6.10. The molecule has 2 saturated carbocycles. The Bertz CT molecular complexity index is 1430. The zero-order valence-corrected chi connectivity index (χ0v) is 21.5. The van der Waals surface area contributed by atoms with Gasteiger partial charge < -0.3 is 24.1 Å². The van der Waals surface area contributed by atoms with Crippen LogP contribution in [0.1, 0.15) is 55.2 Å². The Kier molecular flexibility index (Phi) is 5.70. The number of imidazole rings is 1. The van der Waals surface area contributed by atoms with Gasteiger partial charge in [0, 0.05) is 63.1 Å². The first-order chi connectivity index (χ1) is 17.5. The zero-order valence-electron chi connectivity index (χ0n) is 21.5. The van der Waals surface area contributed by atoms with Crippen molar-refractivity contribution in [3.05, 3.63) is 29.8 Å². The molecule has 0 aromatic carbocycles. The average Bonchev–Trinajstić information content (AvgIpc) is 3.77. The molecule has 4 heterocycles. The minimum atomic E-state index is 0.134. The molecule has 0 bridgehead atoms. The Morgan fingerprint density at radius 1 is 1.22 bits per heavy atom. The van der Waals surface area contributed by atoms with Gasteiger partial charge in [-0.05, 0) is 52.0 Å². The standard InChI is InChI=1S/C26H34N8O2/c1-5-32-20(26(35)34(17-7-8-17)18-9-10-18)14-19-23-22(27-15-31(23)3)24(29-25(19)32)28-21-13-16(2)33(30-21)11-6-12-36-4/h13-15,17-18H,5-12H2,1-4H3,(H,28,29,30). The minimum absolute atomic E-state index is 0.134. The Morgan fingerprint density at radius 3 is 2.64 bits per heavy atom. The summed E-state index contributed by atoms with van der Waals surface area (Å²) >= 11 is 0. The lowest BCUT2D eigenvalue weighted by molar-refractivity contribution is 0.0719. The van der Waals surface area contributed by atoms with E-state index in [4.69, 9.17) is 14.8 Å². The minimum Gasteiger partial charge on any atom is -0.385 e. The van der Waals surface area contributed by atoms with Gasteiger partial charge in [0.1, 0.15) is 16.9 Å². The number of ether oxygens (including phenoxy) is 1. The fourth-order valence-electron chi connectivity index (χ4n) is 5.24. The number of methoxy groups -OCH3 is 1. The molecule has 10 nitrogen and oxygen atoms in total. The lowest BCUT2D eigenvalue weighted by Gasteiger charge is -2.22. The maximum Gasteiger partial charge on any atom is 0.271 e. The van der Waals surface area contributed by atoms with Gasteiger partial charge in [-0.15, -0.1) is 0 Å². The van der Waals surface area contributed by atoms with Crippen LogP contribution in [0.25, 0.3) is 22.1 Å². The summed E-state index contributed by atoms with van der Waals surface area (Å²) in [7, 11) is 3.70. The van der Waals surface area contributed by atoms with Gasteiger partial charge in [-0.25, -0.2) is 9.97 Å². The highest BCUT2D eigenvalue weighted by atomic mass is 16.5. The normalized spacial score (nSPS) is 15.8. The first kappa shape index (κ1) is 23.0. The third-order valence-electron chi connectivity index (χ3n) is 7.30. The number of aromatic nitrogens is 6. The number of rotatable bonds is 10. The number of fused-ring (bicyclic) bond motifs is 3. The third kappa shape index (κ3) is 3.93. The second kappa shape index (κ2) is 8.92. The van der Waals surface area contributed by atoms with Crippen LogP contribution in [0, 0.1) is 6.92 Å². The van der Waals surface area contributed by atoms with Crippen LogP contribution in [-0.4, -0.2) is 65.5 Å². The van der Waals surface area contributed by atoms with E-state index < -0.39 is 0 Å². The summed E-state index contributed by atoms with van der Waals surface area (Å²) in [5, 5.41) is 9.10. The van der Waals surface area contributed by atoms with Crippen LogP contribution >= 0.6 is 0 Å². The molecule has 2 aliphatic rings. The first-order valence-corrected chi connectivity index (χ1v) is 13.0. The van der Waals surface area contributed by atoms with Gasteiger partial charge in [-0.1, -0.05) is 0 Å². The Balaban J connectivity index is 1.41. The molecule has 190 valence electrons. The van der Waals surface area contributed by atoms with Crippen molar-refractivity contribution in [2.24, 2.45) is 7.05 Å². The fraction of sp³-hybridized carbons (Fsp3) is 0.538. The van der Waals surface area contributed by atoms with E-state index in [9.17, 15) is 4.79 Å². The molecule has 2 aliphatic carbocycles. The summed E-state index contributed by atoms with van der Waals surface area (Å²) < 4.78 is 11.2. The van der Waals surface area contributed by atoms with E-state index in [1.807, 2.05) is 35.4 Å². The van der Waals surface area contributed by atoms with E-state index >= 15 is 0 Å². The second-order valence-electron chi connectivity index (χ2n) is 10.1. The molecule has 1 amide bonds. The number of nitrogens with one attached hydrogen (secondary N) is 1. The van der Waals surface area contributed by atoms with Crippen molar-refractivity contribution in [3.63, 3.8) is 0 Å². The van der Waals surface area contributed by atoms with Crippen LogP contribution in [0.4, 0.5) is 11.6 Å². The highest BCUT2D eigenvalue weighted by Gasteiger charge is 2.43.